The molecule has 0 heterocycles. The van der Waals surface area contributed by atoms with Crippen molar-refractivity contribution < 1.29 is 26.2 Å². The molecule has 0 radical (unpaired) electrons. The number of rotatable bonds is 1. The summed E-state index contributed by atoms with van der Waals surface area (Å²) >= 11 is 2.25. The summed E-state index contributed by atoms with van der Waals surface area (Å²) in [5.41, 5.74) is 0. The predicted molar refractivity (Wildman–Crippen MR) is 11.9 cm³/mol. The van der Waals surface area contributed by atoms with Crippen molar-refractivity contribution in [3.8, 4) is 0 Å². The molecular formula is C2H5AuO. The SMILES string of the molecule is OC[CH2][Au]. The van der Waals surface area contributed by atoms with Gasteiger partial charge in [-0.3, -0.25) is 0 Å². The third-order valence-corrected chi connectivity index (χ3v) is 0.552. The summed E-state index contributed by atoms with van der Waals surface area (Å²) in [4.78, 5) is 0. The van der Waals surface area contributed by atoms with Gasteiger partial charge in [-0.15, -0.1) is 0 Å². The van der Waals surface area contributed by atoms with Gasteiger partial charge in [-0.2, -0.15) is 0 Å². The average Bonchev–Trinajstić information content (AvgIpc) is 1.37. The van der Waals surface area contributed by atoms with Gasteiger partial charge in [0.1, 0.15) is 0 Å². The molecular weight excluding hydrogens is 237 g/mol. The summed E-state index contributed by atoms with van der Waals surface area (Å²) in [6.07, 6.45) is 0. The summed E-state index contributed by atoms with van der Waals surface area (Å²) < 4.78 is 0.819. The van der Waals surface area contributed by atoms with Gasteiger partial charge in [0.25, 0.3) is 0 Å². The molecule has 0 aromatic rings. The van der Waals surface area contributed by atoms with Crippen LogP contribution in [0.5, 0.6) is 0 Å². The normalized spacial score (nSPS) is 7.75. The maximum atomic E-state index is 7.86. The van der Waals surface area contributed by atoms with Crippen molar-refractivity contribution in [1.82, 2.24) is 0 Å². The summed E-state index contributed by atoms with van der Waals surface area (Å²) in [6.45, 7) is 0.295. The first-order chi connectivity index (χ1) is 1.91. The number of aliphatic hydroxyl groups is 1. The van der Waals surface area contributed by atoms with Crippen LogP contribution >= 0.6 is 0 Å². The molecule has 0 spiro atoms. The Hall–Kier alpha value is 0.700. The van der Waals surface area contributed by atoms with E-state index in [1.54, 1.807) is 0 Å². The molecule has 0 fully saturated rings. The van der Waals surface area contributed by atoms with Crippen LogP contribution in [0.15, 0.2) is 0 Å². The van der Waals surface area contributed by atoms with Crippen LogP contribution in [0.1, 0.15) is 0 Å². The molecule has 4 heavy (non-hydrogen) atoms. The third-order valence-electron chi connectivity index (χ3n) is 0.0674. The summed E-state index contributed by atoms with van der Waals surface area (Å²) in [6, 6.07) is 0. The van der Waals surface area contributed by atoms with E-state index < -0.39 is 0 Å². The second-order valence-electron chi connectivity index (χ2n) is 0.374. The molecule has 0 aliphatic rings. The number of hydrogen-bond acceptors (Lipinski definition) is 1. The third kappa shape index (κ3) is 2.70. The molecule has 0 unspecified atom stereocenters. The van der Waals surface area contributed by atoms with Gasteiger partial charge < -0.3 is 0 Å². The molecule has 2 heteroatoms. The van der Waals surface area contributed by atoms with Crippen LogP contribution in [-0.4, -0.2) is 11.7 Å². The van der Waals surface area contributed by atoms with Gasteiger partial charge in [-0.05, 0) is 0 Å². The minimum absolute atomic E-state index is 0.295. The molecule has 0 atom stereocenters. The standard InChI is InChI=1S/C2H5O.Au/c1-2-3;/h3H,1-2H2;. The van der Waals surface area contributed by atoms with E-state index in [-0.39, 0.29) is 0 Å². The first-order valence-electron chi connectivity index (χ1n) is 1.03. The van der Waals surface area contributed by atoms with Crippen LogP contribution in [-0.2, 0) is 21.1 Å². The van der Waals surface area contributed by atoms with Crippen LogP contribution in [0.4, 0.5) is 0 Å². The first kappa shape index (κ1) is 4.70. The van der Waals surface area contributed by atoms with Gasteiger partial charge >= 0.3 is 37.4 Å². The van der Waals surface area contributed by atoms with Crippen molar-refractivity contribution in [2.24, 2.45) is 0 Å². The van der Waals surface area contributed by atoms with Crippen molar-refractivity contribution in [3.05, 3.63) is 0 Å². The quantitative estimate of drug-likeness (QED) is 0.639. The van der Waals surface area contributed by atoms with Crippen LogP contribution in [0, 0.1) is 0 Å². The maximum absolute atomic E-state index is 7.86. The Morgan fingerprint density at radius 3 is 2.00 bits per heavy atom. The summed E-state index contributed by atoms with van der Waals surface area (Å²) in [5.74, 6) is 0. The fourth-order valence-electron chi connectivity index (χ4n) is 0. The molecule has 0 aliphatic heterocycles. The van der Waals surface area contributed by atoms with Crippen molar-refractivity contribution in [2.75, 3.05) is 6.61 Å². The Kier molecular flexibility index (Phi) is 4.35. The second kappa shape index (κ2) is 3.70. The Morgan fingerprint density at radius 2 is 2.00 bits per heavy atom. The van der Waals surface area contributed by atoms with E-state index in [0.717, 1.165) is 4.64 Å². The van der Waals surface area contributed by atoms with Gasteiger partial charge in [0, 0.05) is 0 Å². The molecule has 0 saturated heterocycles. The van der Waals surface area contributed by atoms with E-state index in [1.807, 2.05) is 0 Å². The monoisotopic (exact) mass is 242 g/mol. The van der Waals surface area contributed by atoms with E-state index in [0.29, 0.717) is 6.61 Å². The van der Waals surface area contributed by atoms with Crippen molar-refractivity contribution >= 4 is 0 Å². The molecule has 0 aromatic carbocycles. The average molecular weight is 242 g/mol. The number of hydrogen-bond donors (Lipinski definition) is 1. The Bertz CT molecular complexity index is 8.00. The van der Waals surface area contributed by atoms with E-state index in [2.05, 4.69) is 21.1 Å². The Labute approximate surface area is 37.9 Å². The van der Waals surface area contributed by atoms with E-state index >= 15 is 0 Å². The van der Waals surface area contributed by atoms with Crippen LogP contribution in [0.25, 0.3) is 0 Å². The van der Waals surface area contributed by atoms with Crippen LogP contribution < -0.4 is 0 Å². The zero-order valence-corrected chi connectivity index (χ0v) is 4.33. The summed E-state index contributed by atoms with van der Waals surface area (Å²) in [7, 11) is 0. The van der Waals surface area contributed by atoms with Crippen molar-refractivity contribution in [3.63, 3.8) is 0 Å². The van der Waals surface area contributed by atoms with Gasteiger partial charge in [0.05, 0.1) is 0 Å². The van der Waals surface area contributed by atoms with E-state index in [9.17, 15) is 0 Å². The Morgan fingerprint density at radius 1 is 1.75 bits per heavy atom. The first-order valence-corrected chi connectivity index (χ1v) is 2.56. The van der Waals surface area contributed by atoms with Gasteiger partial charge in [0.15, 0.2) is 0 Å². The minimum atomic E-state index is 0.295. The van der Waals surface area contributed by atoms with E-state index in [1.165, 1.54) is 0 Å². The Balaban J connectivity index is 1.97. The van der Waals surface area contributed by atoms with Crippen molar-refractivity contribution in [2.45, 2.75) is 4.64 Å². The molecule has 0 aliphatic carbocycles. The zero-order chi connectivity index (χ0) is 3.41. The topological polar surface area (TPSA) is 20.2 Å². The van der Waals surface area contributed by atoms with Crippen molar-refractivity contribution in [1.29, 1.82) is 0 Å². The molecule has 1 N–H and O–H groups in total. The van der Waals surface area contributed by atoms with Gasteiger partial charge in [0.2, 0.25) is 0 Å². The van der Waals surface area contributed by atoms with Crippen LogP contribution in [0.2, 0.25) is 4.64 Å². The van der Waals surface area contributed by atoms with Gasteiger partial charge in [-0.1, -0.05) is 0 Å². The molecule has 0 rings (SSSR count). The zero-order valence-electron chi connectivity index (χ0n) is 2.16. The fourth-order valence-corrected chi connectivity index (χ4v) is 0. The van der Waals surface area contributed by atoms with Crippen LogP contribution in [0.3, 0.4) is 0 Å². The molecule has 0 bridgehead atoms. The molecule has 0 amide bonds. The molecule has 0 saturated carbocycles. The van der Waals surface area contributed by atoms with E-state index in [4.69, 9.17) is 5.11 Å². The predicted octanol–water partition coefficient (Wildman–Crippen LogP) is -0.0562. The molecule has 0 aromatic heterocycles. The molecule has 1 nitrogen and oxygen atoms in total. The fraction of sp³-hybridized carbons (Fsp3) is 1.00. The molecule has 30 valence electrons. The van der Waals surface area contributed by atoms with Gasteiger partial charge in [-0.25, -0.2) is 0 Å². The number of aliphatic hydroxyl groups excluding tert-OH is 1. The second-order valence-corrected chi connectivity index (χ2v) is 1.46. The summed E-state index contributed by atoms with van der Waals surface area (Å²) in [5, 5.41) is 7.86.